The van der Waals surface area contributed by atoms with Crippen LogP contribution in [-0.2, 0) is 0 Å². The SMILES string of the molecule is O=c1[nH]cnc(Nc2c(Cl)cccc2Cl)c1Br. The lowest BCUT2D eigenvalue weighted by Gasteiger charge is -2.09. The zero-order chi connectivity index (χ0) is 12.4. The number of benzene rings is 1. The number of halogens is 3. The van der Waals surface area contributed by atoms with Gasteiger partial charge in [-0.1, -0.05) is 29.3 Å². The van der Waals surface area contributed by atoms with Crippen molar-refractivity contribution in [3.63, 3.8) is 0 Å². The number of aromatic amines is 1. The zero-order valence-electron chi connectivity index (χ0n) is 8.30. The Morgan fingerprint density at radius 1 is 1.29 bits per heavy atom. The second-order valence-electron chi connectivity index (χ2n) is 3.12. The van der Waals surface area contributed by atoms with Crippen LogP contribution in [0.15, 0.2) is 33.8 Å². The van der Waals surface area contributed by atoms with Crippen molar-refractivity contribution < 1.29 is 0 Å². The number of rotatable bonds is 2. The minimum atomic E-state index is -0.286. The molecule has 0 saturated carbocycles. The molecular weight excluding hydrogens is 329 g/mol. The Morgan fingerprint density at radius 2 is 1.94 bits per heavy atom. The molecule has 0 spiro atoms. The van der Waals surface area contributed by atoms with Crippen LogP contribution in [0.3, 0.4) is 0 Å². The Kier molecular flexibility index (Phi) is 3.71. The van der Waals surface area contributed by atoms with Gasteiger partial charge in [-0.15, -0.1) is 0 Å². The van der Waals surface area contributed by atoms with Crippen LogP contribution in [-0.4, -0.2) is 9.97 Å². The minimum absolute atomic E-state index is 0.286. The molecule has 1 aromatic carbocycles. The Bertz CT molecular complexity index is 594. The smallest absolute Gasteiger partial charge is 0.267 e. The monoisotopic (exact) mass is 333 g/mol. The van der Waals surface area contributed by atoms with Crippen LogP contribution in [0, 0.1) is 0 Å². The van der Waals surface area contributed by atoms with Gasteiger partial charge in [0.05, 0.1) is 22.1 Å². The summed E-state index contributed by atoms with van der Waals surface area (Å²) in [5, 5.41) is 3.81. The van der Waals surface area contributed by atoms with Gasteiger partial charge in [0, 0.05) is 0 Å². The minimum Gasteiger partial charge on any atom is -0.337 e. The number of hydrogen-bond donors (Lipinski definition) is 2. The number of para-hydroxylation sites is 1. The molecule has 0 atom stereocenters. The molecule has 0 amide bonds. The lowest BCUT2D eigenvalue weighted by atomic mass is 10.3. The number of nitrogens with one attached hydrogen (secondary N) is 2. The van der Waals surface area contributed by atoms with E-state index in [-0.39, 0.29) is 10.0 Å². The maximum Gasteiger partial charge on any atom is 0.267 e. The van der Waals surface area contributed by atoms with E-state index in [4.69, 9.17) is 23.2 Å². The number of anilines is 2. The molecule has 0 aliphatic rings. The number of nitrogens with zero attached hydrogens (tertiary/aromatic N) is 1. The summed E-state index contributed by atoms with van der Waals surface area (Å²) in [5.74, 6) is 0.351. The Balaban J connectivity index is 2.45. The second-order valence-corrected chi connectivity index (χ2v) is 4.72. The molecule has 0 radical (unpaired) electrons. The van der Waals surface area contributed by atoms with Gasteiger partial charge < -0.3 is 10.3 Å². The van der Waals surface area contributed by atoms with E-state index < -0.39 is 0 Å². The van der Waals surface area contributed by atoms with Crippen LogP contribution in [0.25, 0.3) is 0 Å². The van der Waals surface area contributed by atoms with Gasteiger partial charge in [-0.2, -0.15) is 0 Å². The first-order valence-corrected chi connectivity index (χ1v) is 6.08. The van der Waals surface area contributed by atoms with E-state index in [1.54, 1.807) is 18.2 Å². The lowest BCUT2D eigenvalue weighted by molar-refractivity contribution is 1.10. The first kappa shape index (κ1) is 12.4. The molecule has 0 unspecified atom stereocenters. The summed E-state index contributed by atoms with van der Waals surface area (Å²) < 4.78 is 0.288. The van der Waals surface area contributed by atoms with Crippen molar-refractivity contribution >= 4 is 50.6 Å². The molecule has 1 heterocycles. The van der Waals surface area contributed by atoms with E-state index in [0.29, 0.717) is 21.6 Å². The summed E-state index contributed by atoms with van der Waals surface area (Å²) in [6.45, 7) is 0. The van der Waals surface area contributed by atoms with Gasteiger partial charge in [-0.05, 0) is 28.1 Å². The van der Waals surface area contributed by atoms with Gasteiger partial charge >= 0.3 is 0 Å². The second kappa shape index (κ2) is 5.08. The van der Waals surface area contributed by atoms with Crippen molar-refractivity contribution in [2.45, 2.75) is 0 Å². The molecule has 88 valence electrons. The number of aromatic nitrogens is 2. The fraction of sp³-hybridized carbons (Fsp3) is 0. The van der Waals surface area contributed by atoms with E-state index in [1.165, 1.54) is 6.33 Å². The molecular formula is C10H6BrCl2N3O. The van der Waals surface area contributed by atoms with Crippen molar-refractivity contribution in [1.29, 1.82) is 0 Å². The van der Waals surface area contributed by atoms with Gasteiger partial charge in [-0.3, -0.25) is 4.79 Å². The van der Waals surface area contributed by atoms with E-state index in [0.717, 1.165) is 0 Å². The van der Waals surface area contributed by atoms with E-state index in [1.807, 2.05) is 0 Å². The summed E-state index contributed by atoms with van der Waals surface area (Å²) in [7, 11) is 0. The summed E-state index contributed by atoms with van der Waals surface area (Å²) in [6.07, 6.45) is 1.29. The van der Waals surface area contributed by atoms with Gasteiger partial charge in [0.1, 0.15) is 4.47 Å². The average molecular weight is 335 g/mol. The normalized spacial score (nSPS) is 10.3. The average Bonchev–Trinajstić information content (AvgIpc) is 2.29. The Hall–Kier alpha value is -1.04. The highest BCUT2D eigenvalue weighted by molar-refractivity contribution is 9.10. The Morgan fingerprint density at radius 3 is 2.59 bits per heavy atom. The third-order valence-electron chi connectivity index (χ3n) is 2.00. The van der Waals surface area contributed by atoms with Crippen LogP contribution < -0.4 is 10.9 Å². The molecule has 0 fully saturated rings. The molecule has 2 N–H and O–H groups in total. The first-order valence-electron chi connectivity index (χ1n) is 4.54. The molecule has 4 nitrogen and oxygen atoms in total. The summed E-state index contributed by atoms with van der Waals surface area (Å²) in [5.41, 5.74) is 0.223. The highest BCUT2D eigenvalue weighted by Gasteiger charge is 2.10. The van der Waals surface area contributed by atoms with Crippen molar-refractivity contribution in [3.8, 4) is 0 Å². The predicted octanol–water partition coefficient (Wildman–Crippen LogP) is 3.58. The third-order valence-corrected chi connectivity index (χ3v) is 3.37. The highest BCUT2D eigenvalue weighted by atomic mass is 79.9. The molecule has 0 saturated heterocycles. The predicted molar refractivity (Wildman–Crippen MR) is 72.3 cm³/mol. The largest absolute Gasteiger partial charge is 0.337 e. The summed E-state index contributed by atoms with van der Waals surface area (Å²) in [4.78, 5) is 17.8. The Labute approximate surface area is 115 Å². The van der Waals surface area contributed by atoms with Gasteiger partial charge in [0.25, 0.3) is 5.56 Å². The standard InChI is InChI=1S/C10H6BrCl2N3O/c11-7-9(14-4-15-10(7)17)16-8-5(12)2-1-3-6(8)13/h1-4H,(H2,14,15,16,17). The molecule has 0 aliphatic heterocycles. The quantitative estimate of drug-likeness (QED) is 0.882. The van der Waals surface area contributed by atoms with Crippen molar-refractivity contribution in [2.75, 3.05) is 5.32 Å². The van der Waals surface area contributed by atoms with Gasteiger partial charge in [-0.25, -0.2) is 4.98 Å². The van der Waals surface area contributed by atoms with Crippen LogP contribution in [0.2, 0.25) is 10.0 Å². The summed E-state index contributed by atoms with van der Waals surface area (Å²) >= 11 is 15.1. The molecule has 2 aromatic rings. The first-order chi connectivity index (χ1) is 8.09. The highest BCUT2D eigenvalue weighted by Crippen LogP contribution is 2.32. The van der Waals surface area contributed by atoms with E-state index in [9.17, 15) is 4.79 Å². The number of H-pyrrole nitrogens is 1. The molecule has 2 rings (SSSR count). The zero-order valence-corrected chi connectivity index (χ0v) is 11.4. The molecule has 0 aliphatic carbocycles. The molecule has 17 heavy (non-hydrogen) atoms. The molecule has 7 heteroatoms. The molecule has 1 aromatic heterocycles. The van der Waals surface area contributed by atoms with Crippen molar-refractivity contribution in [1.82, 2.24) is 9.97 Å². The maximum atomic E-state index is 11.4. The van der Waals surface area contributed by atoms with Crippen LogP contribution >= 0.6 is 39.1 Å². The fourth-order valence-corrected chi connectivity index (χ4v) is 2.01. The van der Waals surface area contributed by atoms with Gasteiger partial charge in [0.2, 0.25) is 0 Å². The van der Waals surface area contributed by atoms with Crippen molar-refractivity contribution in [2.24, 2.45) is 0 Å². The fourth-order valence-electron chi connectivity index (χ4n) is 1.21. The third kappa shape index (κ3) is 2.62. The van der Waals surface area contributed by atoms with Crippen LogP contribution in [0.5, 0.6) is 0 Å². The van der Waals surface area contributed by atoms with Crippen LogP contribution in [0.1, 0.15) is 0 Å². The number of hydrogen-bond acceptors (Lipinski definition) is 3. The lowest BCUT2D eigenvalue weighted by Crippen LogP contribution is -2.10. The van der Waals surface area contributed by atoms with Gasteiger partial charge in [0.15, 0.2) is 5.82 Å². The van der Waals surface area contributed by atoms with E-state index >= 15 is 0 Å². The van der Waals surface area contributed by atoms with Crippen LogP contribution in [0.4, 0.5) is 11.5 Å². The van der Waals surface area contributed by atoms with Crippen molar-refractivity contribution in [3.05, 3.63) is 49.4 Å². The topological polar surface area (TPSA) is 57.8 Å². The maximum absolute atomic E-state index is 11.4. The van der Waals surface area contributed by atoms with E-state index in [2.05, 4.69) is 31.2 Å². The summed E-state index contributed by atoms with van der Waals surface area (Å²) in [6, 6.07) is 5.11. The molecule has 0 bridgehead atoms.